The molecule has 0 spiro atoms. The number of aliphatic carboxylic acids is 1. The van der Waals surface area contributed by atoms with Gasteiger partial charge in [-0.15, -0.1) is 0 Å². The Hall–Kier alpha value is -3.39. The number of ether oxygens (including phenoxy) is 2. The Morgan fingerprint density at radius 2 is 1.61 bits per heavy atom. The van der Waals surface area contributed by atoms with Crippen LogP contribution in [0.3, 0.4) is 0 Å². The maximum Gasteiger partial charge on any atom is 0.407 e. The largest absolute Gasteiger partial charge is 0.480 e. The number of hydrogen-bond acceptors (Lipinski definition) is 5. The lowest BCUT2D eigenvalue weighted by Gasteiger charge is -2.26. The van der Waals surface area contributed by atoms with E-state index in [1.807, 2.05) is 24.3 Å². The topological polar surface area (TPSA) is 114 Å². The summed E-state index contributed by atoms with van der Waals surface area (Å²) in [4.78, 5) is 35.8. The number of benzene rings is 2. The van der Waals surface area contributed by atoms with Crippen molar-refractivity contribution >= 4 is 18.0 Å². The molecule has 2 aromatic rings. The molecule has 2 amide bonds. The average molecular weight is 455 g/mol. The van der Waals surface area contributed by atoms with Crippen LogP contribution in [0.2, 0.25) is 0 Å². The monoisotopic (exact) mass is 454 g/mol. The first-order chi connectivity index (χ1) is 15.7. The Labute approximate surface area is 193 Å². The number of carboxylic acids is 1. The summed E-state index contributed by atoms with van der Waals surface area (Å²) in [5.41, 5.74) is 3.85. The molecule has 1 atom stereocenters. The molecule has 3 rings (SSSR count). The number of hydrogen-bond donors (Lipinski definition) is 3. The Morgan fingerprint density at radius 3 is 2.15 bits per heavy atom. The van der Waals surface area contributed by atoms with E-state index in [4.69, 9.17) is 14.6 Å². The zero-order valence-electron chi connectivity index (χ0n) is 19.1. The molecular weight excluding hydrogens is 424 g/mol. The predicted molar refractivity (Wildman–Crippen MR) is 123 cm³/mol. The molecule has 1 aliphatic carbocycles. The van der Waals surface area contributed by atoms with Crippen LogP contribution >= 0.6 is 0 Å². The van der Waals surface area contributed by atoms with E-state index in [0.29, 0.717) is 6.42 Å². The molecule has 0 saturated heterocycles. The van der Waals surface area contributed by atoms with E-state index >= 15 is 0 Å². The lowest BCUT2D eigenvalue weighted by atomic mass is 9.98. The van der Waals surface area contributed by atoms with Crippen LogP contribution in [0.25, 0.3) is 11.1 Å². The first-order valence-corrected chi connectivity index (χ1v) is 10.9. The van der Waals surface area contributed by atoms with Crippen LogP contribution in [0, 0.1) is 0 Å². The van der Waals surface area contributed by atoms with Crippen LogP contribution in [0.5, 0.6) is 0 Å². The summed E-state index contributed by atoms with van der Waals surface area (Å²) in [6, 6.07) is 15.1. The summed E-state index contributed by atoms with van der Waals surface area (Å²) in [7, 11) is 1.36. The minimum Gasteiger partial charge on any atom is -0.480 e. The molecule has 8 nitrogen and oxygen atoms in total. The fraction of sp³-hybridized carbons (Fsp3) is 0.400. The molecule has 0 radical (unpaired) electrons. The third kappa shape index (κ3) is 6.10. The van der Waals surface area contributed by atoms with Crippen LogP contribution in [0.15, 0.2) is 48.5 Å². The van der Waals surface area contributed by atoms with E-state index in [-0.39, 0.29) is 25.6 Å². The number of carbonyl (C=O) groups is 3. The highest BCUT2D eigenvalue weighted by Gasteiger charge is 2.30. The first-order valence-electron chi connectivity index (χ1n) is 10.9. The van der Waals surface area contributed by atoms with Crippen LogP contribution in [0.4, 0.5) is 4.79 Å². The van der Waals surface area contributed by atoms with Gasteiger partial charge in [-0.3, -0.25) is 4.79 Å². The van der Waals surface area contributed by atoms with Crippen molar-refractivity contribution in [3.8, 4) is 11.1 Å². The Bertz CT molecular complexity index is 974. The summed E-state index contributed by atoms with van der Waals surface area (Å²) in [5.74, 6) is -1.63. The second kappa shape index (κ2) is 10.5. The van der Waals surface area contributed by atoms with Gasteiger partial charge in [0.1, 0.15) is 6.61 Å². The number of amides is 2. The zero-order valence-corrected chi connectivity index (χ0v) is 19.1. The standard InChI is InChI=1S/C25H30N2O6/c1-25(2,13-12-22(28)26-21(15-32-3)23(29)30)27-24(31)33-14-20-18-10-6-4-8-16(18)17-9-5-7-11-19(17)20/h4-11,20-21H,12-15H2,1-3H3,(H,26,28)(H,27,31)(H,29,30)/t21-/m0/s1. The van der Waals surface area contributed by atoms with Gasteiger partial charge in [0.2, 0.25) is 5.91 Å². The maximum atomic E-state index is 12.5. The summed E-state index contributed by atoms with van der Waals surface area (Å²) in [6.45, 7) is 3.65. The molecule has 176 valence electrons. The third-order valence-corrected chi connectivity index (χ3v) is 5.73. The fourth-order valence-electron chi connectivity index (χ4n) is 4.01. The van der Waals surface area contributed by atoms with E-state index in [0.717, 1.165) is 22.3 Å². The van der Waals surface area contributed by atoms with E-state index < -0.39 is 29.6 Å². The van der Waals surface area contributed by atoms with Crippen molar-refractivity contribution in [3.05, 3.63) is 59.7 Å². The van der Waals surface area contributed by atoms with Gasteiger partial charge in [0, 0.05) is 25.0 Å². The lowest BCUT2D eigenvalue weighted by molar-refractivity contribution is -0.143. The van der Waals surface area contributed by atoms with Crippen molar-refractivity contribution < 1.29 is 29.0 Å². The molecule has 0 saturated carbocycles. The van der Waals surface area contributed by atoms with Crippen molar-refractivity contribution in [2.24, 2.45) is 0 Å². The Morgan fingerprint density at radius 1 is 1.03 bits per heavy atom. The fourth-order valence-corrected chi connectivity index (χ4v) is 4.01. The molecule has 2 aromatic carbocycles. The second-order valence-corrected chi connectivity index (χ2v) is 8.75. The van der Waals surface area contributed by atoms with E-state index in [1.165, 1.54) is 7.11 Å². The molecule has 0 fully saturated rings. The van der Waals surface area contributed by atoms with Crippen molar-refractivity contribution in [2.75, 3.05) is 20.3 Å². The highest BCUT2D eigenvalue weighted by molar-refractivity contribution is 5.83. The predicted octanol–water partition coefficient (Wildman–Crippen LogP) is 3.30. The van der Waals surface area contributed by atoms with Gasteiger partial charge in [-0.1, -0.05) is 48.5 Å². The molecule has 0 unspecified atom stereocenters. The van der Waals surface area contributed by atoms with Crippen LogP contribution < -0.4 is 10.6 Å². The Balaban J connectivity index is 1.52. The number of fused-ring (bicyclic) bond motifs is 3. The average Bonchev–Trinajstić information content (AvgIpc) is 3.09. The molecule has 0 aliphatic heterocycles. The summed E-state index contributed by atoms with van der Waals surface area (Å²) in [5, 5.41) is 14.3. The third-order valence-electron chi connectivity index (χ3n) is 5.73. The highest BCUT2D eigenvalue weighted by Crippen LogP contribution is 2.44. The van der Waals surface area contributed by atoms with Gasteiger partial charge in [-0.25, -0.2) is 9.59 Å². The summed E-state index contributed by atoms with van der Waals surface area (Å²) in [6.07, 6.45) is -0.211. The molecule has 8 heteroatoms. The number of nitrogens with one attached hydrogen (secondary N) is 2. The van der Waals surface area contributed by atoms with Gasteiger partial charge in [0.05, 0.1) is 6.61 Å². The van der Waals surface area contributed by atoms with Crippen molar-refractivity contribution in [1.29, 1.82) is 0 Å². The van der Waals surface area contributed by atoms with Crippen molar-refractivity contribution in [3.63, 3.8) is 0 Å². The molecule has 1 aliphatic rings. The lowest BCUT2D eigenvalue weighted by Crippen LogP contribution is -2.47. The van der Waals surface area contributed by atoms with Crippen molar-refractivity contribution in [1.82, 2.24) is 10.6 Å². The van der Waals surface area contributed by atoms with Crippen LogP contribution in [-0.2, 0) is 19.1 Å². The quantitative estimate of drug-likeness (QED) is 0.508. The minimum absolute atomic E-state index is 0.0363. The number of rotatable bonds is 10. The SMILES string of the molecule is COC[C@H](NC(=O)CCC(C)(C)NC(=O)OCC1c2ccccc2-c2ccccc21)C(=O)O. The smallest absolute Gasteiger partial charge is 0.407 e. The second-order valence-electron chi connectivity index (χ2n) is 8.75. The van der Waals surface area contributed by atoms with Gasteiger partial charge in [0.15, 0.2) is 6.04 Å². The van der Waals surface area contributed by atoms with Gasteiger partial charge in [-0.2, -0.15) is 0 Å². The molecule has 0 bridgehead atoms. The van der Waals surface area contributed by atoms with E-state index in [1.54, 1.807) is 13.8 Å². The zero-order chi connectivity index (χ0) is 24.0. The summed E-state index contributed by atoms with van der Waals surface area (Å²) < 4.78 is 10.4. The number of alkyl carbamates (subject to hydrolysis) is 1. The van der Waals surface area contributed by atoms with Crippen molar-refractivity contribution in [2.45, 2.75) is 44.2 Å². The first kappa shape index (κ1) is 24.3. The van der Waals surface area contributed by atoms with Gasteiger partial charge < -0.3 is 25.2 Å². The van der Waals surface area contributed by atoms with Crippen LogP contribution in [0.1, 0.15) is 43.7 Å². The molecule has 0 aromatic heterocycles. The highest BCUT2D eigenvalue weighted by atomic mass is 16.5. The normalized spacial score (nSPS) is 13.5. The molecular formula is C25H30N2O6. The number of methoxy groups -OCH3 is 1. The van der Waals surface area contributed by atoms with E-state index in [9.17, 15) is 14.4 Å². The molecule has 3 N–H and O–H groups in total. The maximum absolute atomic E-state index is 12.5. The van der Waals surface area contributed by atoms with Crippen LogP contribution in [-0.4, -0.2) is 55.0 Å². The minimum atomic E-state index is -1.17. The van der Waals surface area contributed by atoms with Gasteiger partial charge in [0.25, 0.3) is 0 Å². The Kier molecular flexibility index (Phi) is 7.71. The molecule has 33 heavy (non-hydrogen) atoms. The number of carbonyl (C=O) groups excluding carboxylic acids is 2. The van der Waals surface area contributed by atoms with E-state index in [2.05, 4.69) is 34.9 Å². The number of carboxylic acid groups (broad SMARTS) is 1. The van der Waals surface area contributed by atoms with Gasteiger partial charge >= 0.3 is 12.1 Å². The summed E-state index contributed by atoms with van der Waals surface area (Å²) >= 11 is 0. The molecule has 0 heterocycles. The van der Waals surface area contributed by atoms with Gasteiger partial charge in [-0.05, 0) is 42.5 Å².